The summed E-state index contributed by atoms with van der Waals surface area (Å²) in [5, 5.41) is 0.128. The molecule has 0 N–H and O–H groups in total. The van der Waals surface area contributed by atoms with Crippen LogP contribution in [-0.2, 0) is 0 Å². The Morgan fingerprint density at radius 2 is 2.23 bits per heavy atom. The maximum Gasteiger partial charge on any atom is 0.321 e. The molecule has 0 saturated carbocycles. The molecule has 0 aliphatic heterocycles. The number of ether oxygens (including phenoxy) is 1. The van der Waals surface area contributed by atoms with Crippen LogP contribution in [0, 0.1) is 19.3 Å². The van der Waals surface area contributed by atoms with E-state index in [1.54, 1.807) is 6.92 Å². The highest BCUT2D eigenvalue weighted by Gasteiger charge is 2.01. The Morgan fingerprint density at radius 3 is 2.85 bits per heavy atom. The molecule has 0 aliphatic rings. The molecule has 0 aliphatic carbocycles. The molecule has 0 saturated heterocycles. The molecule has 0 fully saturated rings. The number of rotatable bonds is 3. The van der Waals surface area contributed by atoms with Gasteiger partial charge in [-0.05, 0) is 18.5 Å². The van der Waals surface area contributed by atoms with Gasteiger partial charge < -0.3 is 4.74 Å². The molecule has 0 atom stereocenters. The molecule has 0 bridgehead atoms. The molecule has 1 heterocycles. The van der Waals surface area contributed by atoms with Crippen LogP contribution in [0.25, 0.3) is 0 Å². The molecule has 0 spiro atoms. The molecule has 5 heteroatoms. The summed E-state index contributed by atoms with van der Waals surface area (Å²) in [5.74, 6) is 2.96. The van der Waals surface area contributed by atoms with Crippen LogP contribution in [0.2, 0.25) is 5.28 Å². The standard InChI is InChI=1S/C8H8ClN3O/c1-3-4-5-13-8-11-6(2)10-7(9)12-8/h1H,4-5H2,2H3. The van der Waals surface area contributed by atoms with Gasteiger partial charge in [0.2, 0.25) is 5.28 Å². The lowest BCUT2D eigenvalue weighted by Gasteiger charge is -2.01. The average Bonchev–Trinajstić information content (AvgIpc) is 2.03. The second-order valence-corrected chi connectivity index (χ2v) is 2.57. The van der Waals surface area contributed by atoms with E-state index in [-0.39, 0.29) is 11.3 Å². The minimum atomic E-state index is 0.128. The number of terminal acetylenes is 1. The van der Waals surface area contributed by atoms with Crippen LogP contribution in [0.1, 0.15) is 12.2 Å². The maximum absolute atomic E-state index is 5.58. The van der Waals surface area contributed by atoms with Gasteiger partial charge in [0.05, 0.1) is 0 Å². The van der Waals surface area contributed by atoms with Gasteiger partial charge in [0.15, 0.2) is 0 Å². The van der Waals surface area contributed by atoms with Gasteiger partial charge in [0.25, 0.3) is 0 Å². The summed E-state index contributed by atoms with van der Waals surface area (Å²) in [5.41, 5.74) is 0. The third kappa shape index (κ3) is 3.26. The number of nitrogens with zero attached hydrogens (tertiary/aromatic N) is 3. The predicted molar refractivity (Wildman–Crippen MR) is 48.5 cm³/mol. The van der Waals surface area contributed by atoms with Crippen molar-refractivity contribution < 1.29 is 4.74 Å². The summed E-state index contributed by atoms with van der Waals surface area (Å²) in [6.07, 6.45) is 5.56. The molecule has 0 amide bonds. The van der Waals surface area contributed by atoms with E-state index in [9.17, 15) is 0 Å². The number of aromatic nitrogens is 3. The monoisotopic (exact) mass is 197 g/mol. The van der Waals surface area contributed by atoms with E-state index in [2.05, 4.69) is 20.9 Å². The first-order valence-corrected chi connectivity index (χ1v) is 4.04. The Hall–Kier alpha value is -1.34. The number of halogens is 1. The fraction of sp³-hybridized carbons (Fsp3) is 0.375. The molecular formula is C8H8ClN3O. The summed E-state index contributed by atoms with van der Waals surface area (Å²) in [6.45, 7) is 2.10. The van der Waals surface area contributed by atoms with E-state index in [0.29, 0.717) is 18.9 Å². The molecule has 1 aromatic heterocycles. The quantitative estimate of drug-likeness (QED) is 0.540. The summed E-state index contributed by atoms with van der Waals surface area (Å²) >= 11 is 5.58. The Morgan fingerprint density at radius 1 is 1.46 bits per heavy atom. The molecule has 1 aromatic rings. The highest BCUT2D eigenvalue weighted by atomic mass is 35.5. The molecule has 0 unspecified atom stereocenters. The van der Waals surface area contributed by atoms with Gasteiger partial charge in [0, 0.05) is 6.42 Å². The van der Waals surface area contributed by atoms with E-state index >= 15 is 0 Å². The summed E-state index contributed by atoms with van der Waals surface area (Å²) in [4.78, 5) is 11.5. The summed E-state index contributed by atoms with van der Waals surface area (Å²) in [7, 11) is 0. The summed E-state index contributed by atoms with van der Waals surface area (Å²) in [6, 6.07) is 0.216. The van der Waals surface area contributed by atoms with Gasteiger partial charge >= 0.3 is 6.01 Å². The largest absolute Gasteiger partial charge is 0.462 e. The zero-order valence-corrected chi connectivity index (χ0v) is 7.88. The lowest BCUT2D eigenvalue weighted by molar-refractivity contribution is 0.299. The molecule has 0 aromatic carbocycles. The van der Waals surface area contributed by atoms with Crippen molar-refractivity contribution in [1.29, 1.82) is 0 Å². The Kier molecular flexibility index (Phi) is 3.47. The van der Waals surface area contributed by atoms with Crippen molar-refractivity contribution in [2.75, 3.05) is 6.61 Å². The molecule has 4 nitrogen and oxygen atoms in total. The Bertz CT molecular complexity index is 314. The Balaban J connectivity index is 2.62. The van der Waals surface area contributed by atoms with E-state index in [1.807, 2.05) is 0 Å². The fourth-order valence-corrected chi connectivity index (χ4v) is 0.886. The van der Waals surface area contributed by atoms with Crippen molar-refractivity contribution in [3.05, 3.63) is 11.1 Å². The highest BCUT2D eigenvalue weighted by molar-refractivity contribution is 6.28. The van der Waals surface area contributed by atoms with Gasteiger partial charge in [0.1, 0.15) is 12.4 Å². The predicted octanol–water partition coefficient (Wildman–Crippen LogP) is 1.24. The first-order chi connectivity index (χ1) is 6.22. The van der Waals surface area contributed by atoms with E-state index < -0.39 is 0 Å². The second kappa shape index (κ2) is 4.63. The van der Waals surface area contributed by atoms with Crippen molar-refractivity contribution >= 4 is 11.6 Å². The highest BCUT2D eigenvalue weighted by Crippen LogP contribution is 2.07. The number of hydrogen-bond donors (Lipinski definition) is 0. The van der Waals surface area contributed by atoms with E-state index in [0.717, 1.165) is 0 Å². The molecule has 13 heavy (non-hydrogen) atoms. The van der Waals surface area contributed by atoms with Crippen LogP contribution in [0.5, 0.6) is 6.01 Å². The zero-order chi connectivity index (χ0) is 9.68. The maximum atomic E-state index is 5.58. The van der Waals surface area contributed by atoms with Crippen LogP contribution in [0.3, 0.4) is 0 Å². The van der Waals surface area contributed by atoms with Crippen LogP contribution >= 0.6 is 11.6 Å². The van der Waals surface area contributed by atoms with Gasteiger partial charge in [-0.2, -0.15) is 9.97 Å². The van der Waals surface area contributed by atoms with Crippen LogP contribution in [0.4, 0.5) is 0 Å². The van der Waals surface area contributed by atoms with Crippen LogP contribution in [-0.4, -0.2) is 21.6 Å². The summed E-state index contributed by atoms with van der Waals surface area (Å²) < 4.78 is 5.12. The minimum absolute atomic E-state index is 0.128. The molecule has 0 radical (unpaired) electrons. The lowest BCUT2D eigenvalue weighted by Crippen LogP contribution is -2.02. The molecular weight excluding hydrogens is 190 g/mol. The number of hydrogen-bond acceptors (Lipinski definition) is 4. The first kappa shape index (κ1) is 9.75. The lowest BCUT2D eigenvalue weighted by atomic mass is 10.5. The van der Waals surface area contributed by atoms with E-state index in [4.69, 9.17) is 22.8 Å². The third-order valence-electron chi connectivity index (χ3n) is 1.18. The van der Waals surface area contributed by atoms with E-state index in [1.165, 1.54) is 0 Å². The van der Waals surface area contributed by atoms with Crippen LogP contribution < -0.4 is 4.74 Å². The normalized spacial score (nSPS) is 9.31. The SMILES string of the molecule is C#CCCOc1nc(C)nc(Cl)n1. The van der Waals surface area contributed by atoms with Crippen molar-refractivity contribution in [1.82, 2.24) is 15.0 Å². The van der Waals surface area contributed by atoms with Gasteiger partial charge in [-0.1, -0.05) is 0 Å². The first-order valence-electron chi connectivity index (χ1n) is 3.67. The minimum Gasteiger partial charge on any atom is -0.462 e. The van der Waals surface area contributed by atoms with Crippen molar-refractivity contribution in [3.63, 3.8) is 0 Å². The third-order valence-corrected chi connectivity index (χ3v) is 1.35. The van der Waals surface area contributed by atoms with Crippen molar-refractivity contribution in [3.8, 4) is 18.4 Å². The van der Waals surface area contributed by atoms with Gasteiger partial charge in [-0.25, -0.2) is 4.98 Å². The topological polar surface area (TPSA) is 47.9 Å². The molecule has 68 valence electrons. The zero-order valence-electron chi connectivity index (χ0n) is 7.12. The van der Waals surface area contributed by atoms with Crippen LogP contribution in [0.15, 0.2) is 0 Å². The number of aryl methyl sites for hydroxylation is 1. The van der Waals surface area contributed by atoms with Crippen molar-refractivity contribution in [2.24, 2.45) is 0 Å². The van der Waals surface area contributed by atoms with Gasteiger partial charge in [-0.15, -0.1) is 12.3 Å². The van der Waals surface area contributed by atoms with Gasteiger partial charge in [-0.3, -0.25) is 0 Å². The second-order valence-electron chi connectivity index (χ2n) is 2.24. The molecule has 1 rings (SSSR count). The Labute approximate surface area is 81.3 Å². The average molecular weight is 198 g/mol. The fourth-order valence-electron chi connectivity index (χ4n) is 0.692. The smallest absolute Gasteiger partial charge is 0.321 e. The van der Waals surface area contributed by atoms with Crippen molar-refractivity contribution in [2.45, 2.75) is 13.3 Å².